The van der Waals surface area contributed by atoms with Crippen LogP contribution >= 0.6 is 0 Å². The fourth-order valence-electron chi connectivity index (χ4n) is 4.11. The van der Waals surface area contributed by atoms with Gasteiger partial charge in [0.1, 0.15) is 11.9 Å². The fraction of sp³-hybridized carbons (Fsp3) is 0.364. The number of nitriles is 1. The summed E-state index contributed by atoms with van der Waals surface area (Å²) in [6.45, 7) is 0.748. The molecule has 31 heavy (non-hydrogen) atoms. The summed E-state index contributed by atoms with van der Waals surface area (Å²) in [5.74, 6) is -3.79. The summed E-state index contributed by atoms with van der Waals surface area (Å²) in [7, 11) is -2.82. The van der Waals surface area contributed by atoms with Crippen LogP contribution in [0.4, 0.5) is 14.6 Å². The second-order valence-electron chi connectivity index (χ2n) is 7.49. The van der Waals surface area contributed by atoms with Crippen LogP contribution in [0.15, 0.2) is 48.8 Å². The number of hydrogen-bond acceptors (Lipinski definition) is 6. The lowest BCUT2D eigenvalue weighted by Crippen LogP contribution is -2.55. The molecule has 2 aromatic heterocycles. The van der Waals surface area contributed by atoms with Crippen molar-refractivity contribution < 1.29 is 22.4 Å². The monoisotopic (exact) mass is 428 g/mol. The number of aromatic nitrogens is 2. The quantitative estimate of drug-likeness (QED) is 0.681. The van der Waals surface area contributed by atoms with Gasteiger partial charge in [0, 0.05) is 55.3 Å². The Hall–Kier alpha value is -3.54. The second kappa shape index (κ2) is 8.30. The second-order valence-corrected chi connectivity index (χ2v) is 7.49. The first-order valence-electron chi connectivity index (χ1n) is 11.2. The number of hydrogen-bond donors (Lipinski definition) is 0. The van der Waals surface area contributed by atoms with Gasteiger partial charge in [-0.3, -0.25) is 4.79 Å². The highest BCUT2D eigenvalue weighted by molar-refractivity contribution is 5.88. The minimum atomic E-state index is -3.53. The number of fused-ring (bicyclic) bond motifs is 2. The Labute approximate surface area is 182 Å². The summed E-state index contributed by atoms with van der Waals surface area (Å²) in [4.78, 5) is 24.4. The standard InChI is InChI=1S/C22H21F2N5O2/c1-31-20-10-16(7-9-26-20)22(23,24)8-6-21(30)28-13-17-3-4-18(14-28)29(17)19-5-2-15(11-25)12-27-19/h2,5-10,12,17-18H,3-4,13-14H2,1H3/b8-6+/i1D3. The molecule has 7 nitrogen and oxygen atoms in total. The summed E-state index contributed by atoms with van der Waals surface area (Å²) in [6, 6.07) is 7.39. The minimum Gasteiger partial charge on any atom is -0.481 e. The van der Waals surface area contributed by atoms with Crippen LogP contribution in [0.1, 0.15) is 28.1 Å². The van der Waals surface area contributed by atoms with Crippen molar-refractivity contribution in [1.82, 2.24) is 14.9 Å². The number of nitrogens with zero attached hydrogens (tertiary/aromatic N) is 5. The Morgan fingerprint density at radius 3 is 2.74 bits per heavy atom. The Balaban J connectivity index is 1.43. The number of likely N-dealkylation sites (tertiary alicyclic amines) is 1. The van der Waals surface area contributed by atoms with Gasteiger partial charge in [-0.05, 0) is 37.1 Å². The molecule has 0 spiro atoms. The number of carbonyl (C=O) groups excluding carboxylic acids is 1. The van der Waals surface area contributed by atoms with E-state index in [2.05, 4.69) is 19.6 Å². The van der Waals surface area contributed by atoms with Crippen molar-refractivity contribution in [3.63, 3.8) is 0 Å². The van der Waals surface area contributed by atoms with E-state index in [9.17, 15) is 13.6 Å². The van der Waals surface area contributed by atoms with Crippen LogP contribution < -0.4 is 9.64 Å². The van der Waals surface area contributed by atoms with Crippen LogP contribution in [0.5, 0.6) is 5.88 Å². The molecule has 0 aromatic carbocycles. The average molecular weight is 428 g/mol. The third-order valence-electron chi connectivity index (χ3n) is 5.59. The number of rotatable bonds is 5. The number of amides is 1. The number of allylic oxidation sites excluding steroid dienone is 1. The predicted octanol–water partition coefficient (Wildman–Crippen LogP) is 2.88. The summed E-state index contributed by atoms with van der Waals surface area (Å²) in [5.41, 5.74) is -0.0789. The van der Waals surface area contributed by atoms with Crippen molar-refractivity contribution in [3.8, 4) is 11.9 Å². The number of methoxy groups -OCH3 is 1. The lowest BCUT2D eigenvalue weighted by Gasteiger charge is -2.41. The van der Waals surface area contributed by atoms with E-state index in [1.165, 1.54) is 6.20 Å². The van der Waals surface area contributed by atoms with E-state index in [1.54, 1.807) is 17.0 Å². The molecule has 2 aliphatic rings. The third-order valence-corrected chi connectivity index (χ3v) is 5.59. The highest BCUT2D eigenvalue weighted by Crippen LogP contribution is 2.35. The predicted molar refractivity (Wildman–Crippen MR) is 109 cm³/mol. The fourth-order valence-corrected chi connectivity index (χ4v) is 4.11. The van der Waals surface area contributed by atoms with Crippen LogP contribution in [-0.2, 0) is 10.7 Å². The van der Waals surface area contributed by atoms with Crippen LogP contribution in [-0.4, -0.2) is 53.0 Å². The van der Waals surface area contributed by atoms with Crippen LogP contribution in [0.25, 0.3) is 0 Å². The molecule has 0 radical (unpaired) electrons. The molecule has 1 amide bonds. The highest BCUT2D eigenvalue weighted by atomic mass is 19.3. The van der Waals surface area contributed by atoms with Crippen molar-refractivity contribution in [3.05, 3.63) is 59.9 Å². The Morgan fingerprint density at radius 2 is 2.10 bits per heavy atom. The number of anilines is 1. The zero-order valence-corrected chi connectivity index (χ0v) is 16.4. The molecule has 2 bridgehead atoms. The van der Waals surface area contributed by atoms with Gasteiger partial charge >= 0.3 is 0 Å². The third kappa shape index (κ3) is 4.19. The molecule has 0 aliphatic carbocycles. The maximum Gasteiger partial charge on any atom is 0.292 e. The van der Waals surface area contributed by atoms with Gasteiger partial charge in [0.15, 0.2) is 0 Å². The Morgan fingerprint density at radius 1 is 1.32 bits per heavy atom. The molecule has 4 rings (SSSR count). The number of alkyl halides is 2. The molecular formula is C22H21F2N5O2. The number of carbonyl (C=O) groups is 1. The molecule has 0 saturated carbocycles. The molecule has 2 aliphatic heterocycles. The smallest absolute Gasteiger partial charge is 0.292 e. The first-order valence-corrected chi connectivity index (χ1v) is 9.72. The van der Waals surface area contributed by atoms with Gasteiger partial charge in [0.2, 0.25) is 11.8 Å². The topological polar surface area (TPSA) is 82.4 Å². The maximum absolute atomic E-state index is 14.7. The normalized spacial score (nSPS) is 22.5. The van der Waals surface area contributed by atoms with E-state index < -0.39 is 30.3 Å². The first-order chi connectivity index (χ1) is 16.1. The average Bonchev–Trinajstić information content (AvgIpc) is 3.05. The van der Waals surface area contributed by atoms with Crippen molar-refractivity contribution in [1.29, 1.82) is 5.26 Å². The van der Waals surface area contributed by atoms with Gasteiger partial charge in [0.25, 0.3) is 5.92 Å². The lowest BCUT2D eigenvalue weighted by molar-refractivity contribution is -0.127. The van der Waals surface area contributed by atoms with E-state index in [4.69, 9.17) is 9.37 Å². The number of ether oxygens (including phenoxy) is 1. The summed E-state index contributed by atoms with van der Waals surface area (Å²) >= 11 is 0. The molecule has 2 fully saturated rings. The van der Waals surface area contributed by atoms with Crippen molar-refractivity contribution >= 4 is 11.7 Å². The molecule has 2 atom stereocenters. The van der Waals surface area contributed by atoms with E-state index >= 15 is 0 Å². The summed E-state index contributed by atoms with van der Waals surface area (Å²) < 4.78 is 55.2. The molecule has 4 heterocycles. The Kier molecular flexibility index (Phi) is 4.60. The van der Waals surface area contributed by atoms with E-state index in [1.807, 2.05) is 6.07 Å². The zero-order valence-electron chi connectivity index (χ0n) is 19.4. The molecule has 2 saturated heterocycles. The van der Waals surface area contributed by atoms with Crippen molar-refractivity contribution in [2.45, 2.75) is 30.8 Å². The number of piperazine rings is 1. The summed E-state index contributed by atoms with van der Waals surface area (Å²) in [6.07, 6.45) is 5.57. The van der Waals surface area contributed by atoms with E-state index in [-0.39, 0.29) is 12.1 Å². The SMILES string of the molecule is [2H]C([2H])([2H])Oc1cc(C(F)(F)/C=C/C(=O)N2CC3CCC(C2)N3c2ccc(C#N)cn2)ccn1. The Bertz CT molecular complexity index is 1120. The van der Waals surface area contributed by atoms with E-state index in [0.29, 0.717) is 24.7 Å². The minimum absolute atomic E-state index is 0.0110. The first kappa shape index (κ1) is 17.2. The van der Waals surface area contributed by atoms with Gasteiger partial charge in [-0.1, -0.05) is 0 Å². The molecule has 160 valence electrons. The molecule has 2 aromatic rings. The summed E-state index contributed by atoms with van der Waals surface area (Å²) in [5, 5.41) is 8.95. The lowest BCUT2D eigenvalue weighted by atomic mass is 10.1. The van der Waals surface area contributed by atoms with Gasteiger partial charge in [-0.25, -0.2) is 9.97 Å². The van der Waals surface area contributed by atoms with E-state index in [0.717, 1.165) is 43.1 Å². The molecule has 2 unspecified atom stereocenters. The van der Waals surface area contributed by atoms with Crippen molar-refractivity contribution in [2.75, 3.05) is 25.0 Å². The largest absolute Gasteiger partial charge is 0.481 e. The zero-order chi connectivity index (χ0) is 24.5. The van der Waals surface area contributed by atoms with Gasteiger partial charge < -0.3 is 14.5 Å². The molecular weight excluding hydrogens is 404 g/mol. The van der Waals surface area contributed by atoms with Crippen LogP contribution in [0.3, 0.4) is 0 Å². The highest BCUT2D eigenvalue weighted by Gasteiger charge is 2.41. The van der Waals surface area contributed by atoms with Crippen LogP contribution in [0, 0.1) is 11.3 Å². The number of pyridine rings is 2. The molecule has 9 heteroatoms. The van der Waals surface area contributed by atoms with Crippen molar-refractivity contribution in [2.24, 2.45) is 0 Å². The van der Waals surface area contributed by atoms with Crippen LogP contribution in [0.2, 0.25) is 0 Å². The van der Waals surface area contributed by atoms with Gasteiger partial charge in [-0.15, -0.1) is 0 Å². The van der Waals surface area contributed by atoms with Gasteiger partial charge in [0.05, 0.1) is 16.7 Å². The maximum atomic E-state index is 14.7. The van der Waals surface area contributed by atoms with Gasteiger partial charge in [-0.2, -0.15) is 14.0 Å². The molecule has 0 N–H and O–H groups in total. The number of halogens is 2.